The van der Waals surface area contributed by atoms with Crippen molar-refractivity contribution in [1.82, 2.24) is 9.97 Å². The van der Waals surface area contributed by atoms with E-state index in [1.54, 1.807) is 18.2 Å². The van der Waals surface area contributed by atoms with Crippen LogP contribution in [-0.4, -0.2) is 15.9 Å². The van der Waals surface area contributed by atoms with E-state index in [0.29, 0.717) is 10.0 Å². The molecule has 0 aliphatic carbocycles. The van der Waals surface area contributed by atoms with Crippen molar-refractivity contribution in [1.29, 1.82) is 0 Å². The number of aromatic nitrogens is 2. The van der Waals surface area contributed by atoms with E-state index in [9.17, 15) is 4.79 Å². The number of halogens is 3. The van der Waals surface area contributed by atoms with Gasteiger partial charge in [0, 0.05) is 4.47 Å². The highest BCUT2D eigenvalue weighted by Crippen LogP contribution is 2.26. The van der Waals surface area contributed by atoms with Gasteiger partial charge in [0.05, 0.1) is 5.56 Å². The average molecular weight is 347 g/mol. The summed E-state index contributed by atoms with van der Waals surface area (Å²) in [5.74, 6) is -0.156. The number of nitrogens with one attached hydrogen (secondary N) is 1. The van der Waals surface area contributed by atoms with Gasteiger partial charge >= 0.3 is 0 Å². The van der Waals surface area contributed by atoms with E-state index in [1.807, 2.05) is 6.07 Å². The van der Waals surface area contributed by atoms with E-state index in [2.05, 4.69) is 31.2 Å². The first-order valence-electron chi connectivity index (χ1n) is 4.81. The van der Waals surface area contributed by atoms with E-state index >= 15 is 0 Å². The molecule has 1 aromatic heterocycles. The molecule has 0 atom stereocenters. The van der Waals surface area contributed by atoms with Gasteiger partial charge in [-0.1, -0.05) is 35.3 Å². The molecule has 0 saturated heterocycles. The number of amides is 1. The Hall–Kier alpha value is -1.17. The smallest absolute Gasteiger partial charge is 0.258 e. The third-order valence-corrected chi connectivity index (χ3v) is 3.53. The molecule has 0 bridgehead atoms. The molecule has 4 nitrogen and oxygen atoms in total. The van der Waals surface area contributed by atoms with Crippen molar-refractivity contribution in [2.75, 3.05) is 5.32 Å². The lowest BCUT2D eigenvalue weighted by Crippen LogP contribution is -2.14. The van der Waals surface area contributed by atoms with Crippen LogP contribution in [0, 0.1) is 0 Å². The molecule has 0 saturated carbocycles. The summed E-state index contributed by atoms with van der Waals surface area (Å²) in [6.45, 7) is 0. The number of rotatable bonds is 2. The first-order valence-corrected chi connectivity index (χ1v) is 6.36. The van der Waals surface area contributed by atoms with Crippen molar-refractivity contribution in [2.45, 2.75) is 0 Å². The maximum Gasteiger partial charge on any atom is 0.258 e. The maximum absolute atomic E-state index is 12.0. The minimum Gasteiger partial charge on any atom is -0.305 e. The Morgan fingerprint density at radius 2 is 1.94 bits per heavy atom. The van der Waals surface area contributed by atoms with Gasteiger partial charge in [-0.2, -0.15) is 0 Å². The molecule has 7 heteroatoms. The SMILES string of the molecule is O=C(Nc1ncnc(Cl)c1Cl)c1ccccc1Br. The van der Waals surface area contributed by atoms with Crippen molar-refractivity contribution < 1.29 is 4.79 Å². The molecule has 2 rings (SSSR count). The van der Waals surface area contributed by atoms with E-state index in [0.717, 1.165) is 0 Å². The van der Waals surface area contributed by atoms with E-state index in [1.165, 1.54) is 6.33 Å². The van der Waals surface area contributed by atoms with E-state index in [4.69, 9.17) is 23.2 Å². The second kappa shape index (κ2) is 5.65. The van der Waals surface area contributed by atoms with Crippen molar-refractivity contribution in [2.24, 2.45) is 0 Å². The molecule has 2 aromatic rings. The van der Waals surface area contributed by atoms with Gasteiger partial charge in [-0.25, -0.2) is 9.97 Å². The number of carbonyl (C=O) groups excluding carboxylic acids is 1. The number of nitrogens with zero attached hydrogens (tertiary/aromatic N) is 2. The van der Waals surface area contributed by atoms with Gasteiger partial charge in [-0.05, 0) is 28.1 Å². The Morgan fingerprint density at radius 1 is 1.22 bits per heavy atom. The van der Waals surface area contributed by atoms with E-state index < -0.39 is 0 Å². The molecule has 92 valence electrons. The Bertz CT molecular complexity index is 607. The Kier molecular flexibility index (Phi) is 4.16. The van der Waals surface area contributed by atoms with Crippen LogP contribution in [0.5, 0.6) is 0 Å². The zero-order chi connectivity index (χ0) is 13.1. The third-order valence-electron chi connectivity index (χ3n) is 2.10. The topological polar surface area (TPSA) is 54.9 Å². The van der Waals surface area contributed by atoms with Gasteiger partial charge in [0.15, 0.2) is 11.0 Å². The molecular formula is C11H6BrCl2N3O. The predicted octanol–water partition coefficient (Wildman–Crippen LogP) is 3.80. The molecule has 0 unspecified atom stereocenters. The highest BCUT2D eigenvalue weighted by Gasteiger charge is 2.13. The zero-order valence-electron chi connectivity index (χ0n) is 8.82. The van der Waals surface area contributed by atoms with Gasteiger partial charge in [0.2, 0.25) is 0 Å². The van der Waals surface area contributed by atoms with Crippen LogP contribution < -0.4 is 5.32 Å². The summed E-state index contributed by atoms with van der Waals surface area (Å²) >= 11 is 14.9. The lowest BCUT2D eigenvalue weighted by molar-refractivity contribution is 0.102. The Morgan fingerprint density at radius 3 is 2.67 bits per heavy atom. The van der Waals surface area contributed by atoms with Crippen molar-refractivity contribution in [3.8, 4) is 0 Å². The summed E-state index contributed by atoms with van der Waals surface area (Å²) in [4.78, 5) is 19.6. The molecular weight excluding hydrogens is 341 g/mol. The average Bonchev–Trinajstić information content (AvgIpc) is 2.35. The normalized spacial score (nSPS) is 10.2. The number of carbonyl (C=O) groups is 1. The van der Waals surface area contributed by atoms with Crippen molar-refractivity contribution >= 4 is 50.9 Å². The summed E-state index contributed by atoms with van der Waals surface area (Å²) in [6.07, 6.45) is 1.23. The highest BCUT2D eigenvalue weighted by atomic mass is 79.9. The molecule has 0 aliphatic rings. The molecule has 1 amide bonds. The van der Waals surface area contributed by atoms with Crippen LogP contribution in [0.2, 0.25) is 10.2 Å². The van der Waals surface area contributed by atoms with Gasteiger partial charge in [-0.15, -0.1) is 0 Å². The quantitative estimate of drug-likeness (QED) is 0.841. The standard InChI is InChI=1S/C11H6BrCl2N3O/c12-7-4-2-1-3-6(7)11(18)17-10-8(13)9(14)15-5-16-10/h1-5H,(H,15,16,17,18). The Balaban J connectivity index is 2.27. The number of hydrogen-bond donors (Lipinski definition) is 1. The molecule has 1 N–H and O–H groups in total. The fraction of sp³-hybridized carbons (Fsp3) is 0. The lowest BCUT2D eigenvalue weighted by Gasteiger charge is -2.07. The molecule has 1 aromatic carbocycles. The summed E-state index contributed by atoms with van der Waals surface area (Å²) in [5, 5.41) is 2.77. The molecule has 0 spiro atoms. The first kappa shape index (κ1) is 13.3. The third kappa shape index (κ3) is 2.80. The fourth-order valence-electron chi connectivity index (χ4n) is 1.26. The van der Waals surface area contributed by atoms with Crippen LogP contribution in [0.25, 0.3) is 0 Å². The van der Waals surface area contributed by atoms with Crippen LogP contribution in [-0.2, 0) is 0 Å². The summed E-state index contributed by atoms with van der Waals surface area (Å²) in [5.41, 5.74) is 0.475. The van der Waals surface area contributed by atoms with Gasteiger partial charge in [0.1, 0.15) is 11.3 Å². The second-order valence-electron chi connectivity index (χ2n) is 3.26. The van der Waals surface area contributed by atoms with Gasteiger partial charge in [0.25, 0.3) is 5.91 Å². The fourth-order valence-corrected chi connectivity index (χ4v) is 2.00. The second-order valence-corrected chi connectivity index (χ2v) is 4.85. The van der Waals surface area contributed by atoms with E-state index in [-0.39, 0.29) is 21.9 Å². The molecule has 1 heterocycles. The van der Waals surface area contributed by atoms with Gasteiger partial charge in [-0.3, -0.25) is 4.79 Å². The monoisotopic (exact) mass is 345 g/mol. The van der Waals surface area contributed by atoms with Crippen LogP contribution >= 0.6 is 39.1 Å². The minimum atomic E-state index is -0.334. The summed E-state index contributed by atoms with van der Waals surface area (Å²) < 4.78 is 0.679. The maximum atomic E-state index is 12.0. The van der Waals surface area contributed by atoms with Crippen LogP contribution in [0.15, 0.2) is 35.1 Å². The molecule has 18 heavy (non-hydrogen) atoms. The Labute approximate surface area is 121 Å². The highest BCUT2D eigenvalue weighted by molar-refractivity contribution is 9.10. The predicted molar refractivity (Wildman–Crippen MR) is 74.1 cm³/mol. The van der Waals surface area contributed by atoms with Crippen LogP contribution in [0.3, 0.4) is 0 Å². The minimum absolute atomic E-state index is 0.0918. The summed E-state index contributed by atoms with van der Waals surface area (Å²) in [6, 6.07) is 7.02. The summed E-state index contributed by atoms with van der Waals surface area (Å²) in [7, 11) is 0. The number of hydrogen-bond acceptors (Lipinski definition) is 3. The molecule has 0 fully saturated rings. The van der Waals surface area contributed by atoms with Crippen LogP contribution in [0.4, 0.5) is 5.82 Å². The number of benzene rings is 1. The zero-order valence-corrected chi connectivity index (χ0v) is 11.9. The largest absolute Gasteiger partial charge is 0.305 e. The van der Waals surface area contributed by atoms with Crippen molar-refractivity contribution in [3.05, 3.63) is 50.8 Å². The van der Waals surface area contributed by atoms with Crippen LogP contribution in [0.1, 0.15) is 10.4 Å². The van der Waals surface area contributed by atoms with Crippen molar-refractivity contribution in [3.63, 3.8) is 0 Å². The first-order chi connectivity index (χ1) is 8.59. The number of anilines is 1. The molecule has 0 radical (unpaired) electrons. The lowest BCUT2D eigenvalue weighted by atomic mass is 10.2. The van der Waals surface area contributed by atoms with Gasteiger partial charge < -0.3 is 5.32 Å². The molecule has 0 aliphatic heterocycles.